The summed E-state index contributed by atoms with van der Waals surface area (Å²) in [6.07, 6.45) is 5.23. The zero-order valence-electron chi connectivity index (χ0n) is 14.6. The Morgan fingerprint density at radius 2 is 2.07 bits per heavy atom. The number of benzene rings is 1. The highest BCUT2D eigenvalue weighted by Gasteiger charge is 2.11. The van der Waals surface area contributed by atoms with Crippen LogP contribution in [0.3, 0.4) is 0 Å². The Morgan fingerprint density at radius 3 is 2.86 bits per heavy atom. The number of nitrogens with one attached hydrogen (secondary N) is 1. The van der Waals surface area contributed by atoms with Gasteiger partial charge in [0.25, 0.3) is 0 Å². The molecule has 0 aliphatic heterocycles. The van der Waals surface area contributed by atoms with Crippen LogP contribution in [-0.2, 0) is 17.8 Å². The molecule has 0 aliphatic carbocycles. The van der Waals surface area contributed by atoms with Crippen molar-refractivity contribution >= 4 is 39.1 Å². The summed E-state index contributed by atoms with van der Waals surface area (Å²) >= 11 is 4.90. The van der Waals surface area contributed by atoms with Gasteiger partial charge < -0.3 is 0 Å². The molecule has 0 radical (unpaired) electrons. The van der Waals surface area contributed by atoms with Gasteiger partial charge in [-0.2, -0.15) is 0 Å². The van der Waals surface area contributed by atoms with Crippen LogP contribution in [-0.4, -0.2) is 30.6 Å². The number of thiazole rings is 1. The lowest BCUT2D eigenvalue weighted by molar-refractivity contribution is -0.115. The highest BCUT2D eigenvalue weighted by Crippen LogP contribution is 2.22. The van der Waals surface area contributed by atoms with Crippen LogP contribution in [0.1, 0.15) is 11.3 Å². The molecule has 9 heteroatoms. The number of hydrogen-bond donors (Lipinski definition) is 1. The number of halogens is 1. The van der Waals surface area contributed by atoms with Gasteiger partial charge in [-0.25, -0.2) is 14.6 Å². The molecule has 0 fully saturated rings. The first-order chi connectivity index (χ1) is 13.7. The highest BCUT2D eigenvalue weighted by atomic mass is 79.9. The van der Waals surface area contributed by atoms with E-state index in [0.717, 1.165) is 20.6 Å². The third-order valence-electron chi connectivity index (χ3n) is 3.85. The second-order valence-corrected chi connectivity index (χ2v) is 7.78. The minimum atomic E-state index is -0.204. The first-order valence-corrected chi connectivity index (χ1v) is 10.1. The van der Waals surface area contributed by atoms with E-state index < -0.39 is 0 Å². The van der Waals surface area contributed by atoms with Gasteiger partial charge in [0.2, 0.25) is 11.9 Å². The van der Waals surface area contributed by atoms with E-state index in [2.05, 4.69) is 41.3 Å². The van der Waals surface area contributed by atoms with Crippen LogP contribution in [0, 0.1) is 0 Å². The standard InChI is InChI=1S/C19H15BrN6OS/c20-15-5-3-13(4-6-15)10-26-12-22-19(25-26)24-17(27)8-16-11-28-18(23-16)14-2-1-7-21-9-14/h1-7,9,11-12H,8,10H2,(H,24,25,27). The van der Waals surface area contributed by atoms with Crippen LogP contribution in [0.4, 0.5) is 5.95 Å². The van der Waals surface area contributed by atoms with Crippen LogP contribution in [0.25, 0.3) is 10.6 Å². The third kappa shape index (κ3) is 4.68. The molecular weight excluding hydrogens is 440 g/mol. The SMILES string of the molecule is O=C(Cc1csc(-c2cccnc2)n1)Nc1ncn(Cc2ccc(Br)cc2)n1. The van der Waals surface area contributed by atoms with Crippen LogP contribution in [0.5, 0.6) is 0 Å². The maximum absolute atomic E-state index is 12.3. The van der Waals surface area contributed by atoms with Crippen molar-refractivity contribution in [2.24, 2.45) is 0 Å². The average molecular weight is 455 g/mol. The molecule has 7 nitrogen and oxygen atoms in total. The van der Waals surface area contributed by atoms with Gasteiger partial charge in [0, 0.05) is 27.8 Å². The molecule has 1 N–H and O–H groups in total. The number of carbonyl (C=O) groups excluding carboxylic acids is 1. The fraction of sp³-hybridized carbons (Fsp3) is 0.105. The minimum absolute atomic E-state index is 0.165. The Balaban J connectivity index is 1.35. The number of hydrogen-bond acceptors (Lipinski definition) is 6. The molecule has 0 spiro atoms. The first kappa shape index (κ1) is 18.5. The van der Waals surface area contributed by atoms with Gasteiger partial charge in [0.1, 0.15) is 11.3 Å². The molecule has 0 aliphatic rings. The summed E-state index contributed by atoms with van der Waals surface area (Å²) in [5, 5.41) is 9.73. The molecule has 140 valence electrons. The first-order valence-electron chi connectivity index (χ1n) is 8.44. The number of nitrogens with zero attached hydrogens (tertiary/aromatic N) is 5. The predicted octanol–water partition coefficient (Wildman–Crippen LogP) is 3.79. The maximum Gasteiger partial charge on any atom is 0.248 e. The van der Waals surface area contributed by atoms with Gasteiger partial charge in [0.15, 0.2) is 0 Å². The van der Waals surface area contributed by atoms with Crippen molar-refractivity contribution in [3.63, 3.8) is 0 Å². The van der Waals surface area contributed by atoms with E-state index in [0.29, 0.717) is 12.2 Å². The van der Waals surface area contributed by atoms with E-state index in [1.165, 1.54) is 11.3 Å². The summed E-state index contributed by atoms with van der Waals surface area (Å²) in [4.78, 5) is 25.0. The Kier molecular flexibility index (Phi) is 5.54. The molecule has 3 aromatic heterocycles. The second kappa shape index (κ2) is 8.41. The molecule has 0 saturated heterocycles. The van der Waals surface area contributed by atoms with Crippen molar-refractivity contribution in [1.29, 1.82) is 0 Å². The zero-order chi connectivity index (χ0) is 19.3. The van der Waals surface area contributed by atoms with E-state index in [4.69, 9.17) is 0 Å². The van der Waals surface area contributed by atoms with E-state index in [-0.39, 0.29) is 18.3 Å². The zero-order valence-corrected chi connectivity index (χ0v) is 17.0. The topological polar surface area (TPSA) is 85.6 Å². The van der Waals surface area contributed by atoms with Gasteiger partial charge in [-0.15, -0.1) is 16.4 Å². The molecule has 0 unspecified atom stereocenters. The number of rotatable bonds is 6. The summed E-state index contributed by atoms with van der Waals surface area (Å²) in [5.41, 5.74) is 2.74. The monoisotopic (exact) mass is 454 g/mol. The van der Waals surface area contributed by atoms with Crippen molar-refractivity contribution < 1.29 is 4.79 Å². The van der Waals surface area contributed by atoms with E-state index >= 15 is 0 Å². The van der Waals surface area contributed by atoms with Crippen LogP contribution < -0.4 is 5.32 Å². The normalized spacial score (nSPS) is 10.8. The van der Waals surface area contributed by atoms with E-state index in [1.54, 1.807) is 23.4 Å². The summed E-state index contributed by atoms with van der Waals surface area (Å²) in [5.74, 6) is 0.0780. The minimum Gasteiger partial charge on any atom is -0.293 e. The van der Waals surface area contributed by atoms with Crippen molar-refractivity contribution in [3.05, 3.63) is 76.2 Å². The summed E-state index contributed by atoms with van der Waals surface area (Å²) in [6, 6.07) is 11.8. The van der Waals surface area contributed by atoms with Gasteiger partial charge in [-0.3, -0.25) is 15.1 Å². The van der Waals surface area contributed by atoms with E-state index in [9.17, 15) is 4.79 Å². The molecule has 4 aromatic rings. The van der Waals surface area contributed by atoms with Crippen molar-refractivity contribution in [1.82, 2.24) is 24.7 Å². The smallest absolute Gasteiger partial charge is 0.248 e. The average Bonchev–Trinajstić information content (AvgIpc) is 3.34. The molecular formula is C19H15BrN6OS. The summed E-state index contributed by atoms with van der Waals surface area (Å²) in [7, 11) is 0. The molecule has 0 atom stereocenters. The molecule has 4 rings (SSSR count). The van der Waals surface area contributed by atoms with Gasteiger partial charge in [-0.1, -0.05) is 28.1 Å². The molecule has 1 amide bonds. The second-order valence-electron chi connectivity index (χ2n) is 6.00. The Hall–Kier alpha value is -2.91. The van der Waals surface area contributed by atoms with Gasteiger partial charge >= 0.3 is 0 Å². The Morgan fingerprint density at radius 1 is 1.21 bits per heavy atom. The highest BCUT2D eigenvalue weighted by molar-refractivity contribution is 9.10. The third-order valence-corrected chi connectivity index (χ3v) is 5.32. The van der Waals surface area contributed by atoms with Gasteiger partial charge in [0.05, 0.1) is 18.7 Å². The molecule has 0 saturated carbocycles. The van der Waals surface area contributed by atoms with Crippen LogP contribution in [0.2, 0.25) is 0 Å². The van der Waals surface area contributed by atoms with Crippen molar-refractivity contribution in [2.45, 2.75) is 13.0 Å². The predicted molar refractivity (Wildman–Crippen MR) is 111 cm³/mol. The Labute approximate surface area is 173 Å². The largest absolute Gasteiger partial charge is 0.293 e. The lowest BCUT2D eigenvalue weighted by atomic mass is 10.2. The molecule has 3 heterocycles. The molecule has 28 heavy (non-hydrogen) atoms. The van der Waals surface area contributed by atoms with E-state index in [1.807, 2.05) is 41.8 Å². The quantitative estimate of drug-likeness (QED) is 0.478. The molecule has 1 aromatic carbocycles. The number of pyridine rings is 1. The number of anilines is 1. The maximum atomic E-state index is 12.3. The summed E-state index contributed by atoms with van der Waals surface area (Å²) in [6.45, 7) is 0.580. The van der Waals surface area contributed by atoms with Crippen molar-refractivity contribution in [3.8, 4) is 10.6 Å². The fourth-order valence-corrected chi connectivity index (χ4v) is 3.62. The van der Waals surface area contributed by atoms with Crippen LogP contribution in [0.15, 0.2) is 65.0 Å². The lowest BCUT2D eigenvalue weighted by Gasteiger charge is -2.01. The number of aromatic nitrogens is 5. The lowest BCUT2D eigenvalue weighted by Crippen LogP contribution is -2.16. The number of amides is 1. The molecule has 0 bridgehead atoms. The fourth-order valence-electron chi connectivity index (χ4n) is 2.55. The summed E-state index contributed by atoms with van der Waals surface area (Å²) < 4.78 is 2.71. The van der Waals surface area contributed by atoms with Crippen molar-refractivity contribution in [2.75, 3.05) is 5.32 Å². The Bertz CT molecular complexity index is 1080. The van der Waals surface area contributed by atoms with Crippen LogP contribution >= 0.6 is 27.3 Å². The van der Waals surface area contributed by atoms with Gasteiger partial charge in [-0.05, 0) is 29.8 Å². The number of carbonyl (C=O) groups is 1.